The predicted octanol–water partition coefficient (Wildman–Crippen LogP) is 4.65. The first-order valence-electron chi connectivity index (χ1n) is 8.70. The van der Waals surface area contributed by atoms with Crippen molar-refractivity contribution in [2.24, 2.45) is 0 Å². The van der Waals surface area contributed by atoms with Crippen LogP contribution in [0, 0.1) is 6.92 Å². The van der Waals surface area contributed by atoms with Gasteiger partial charge in [0.25, 0.3) is 0 Å². The maximum absolute atomic E-state index is 12.7. The summed E-state index contributed by atoms with van der Waals surface area (Å²) in [4.78, 5) is 4.71. The van der Waals surface area contributed by atoms with Crippen LogP contribution in [0.3, 0.4) is 0 Å². The number of nitrogens with one attached hydrogen (secondary N) is 2. The summed E-state index contributed by atoms with van der Waals surface area (Å²) in [6.45, 7) is 2.24. The van der Waals surface area contributed by atoms with Crippen molar-refractivity contribution in [3.8, 4) is 0 Å². The summed E-state index contributed by atoms with van der Waals surface area (Å²) in [6.07, 6.45) is 1.98. The highest BCUT2D eigenvalue weighted by atomic mass is 32.2. The molecule has 0 aliphatic rings. The second-order valence-corrected chi connectivity index (χ2v) is 9.27. The number of thiophene rings is 1. The van der Waals surface area contributed by atoms with Crippen LogP contribution in [0.25, 0.3) is 10.9 Å². The molecular weight excluding hydrogens is 376 g/mol. The Hall–Kier alpha value is -2.41. The number of para-hydroxylation sites is 1. The molecule has 0 amide bonds. The van der Waals surface area contributed by atoms with E-state index in [-0.39, 0.29) is 10.8 Å². The van der Waals surface area contributed by atoms with Crippen molar-refractivity contribution >= 4 is 32.3 Å². The van der Waals surface area contributed by atoms with Crippen molar-refractivity contribution in [1.29, 1.82) is 0 Å². The van der Waals surface area contributed by atoms with Crippen LogP contribution in [0.4, 0.5) is 0 Å². The lowest BCUT2D eigenvalue weighted by atomic mass is 9.97. The minimum Gasteiger partial charge on any atom is -0.361 e. The standard InChI is InChI=1S/C21H20N2O2S2/c1-15-8-10-16(11-9-15)27(24,25)23-14-19(21-7-4-12-26-21)18-13-22-20-6-3-2-5-17(18)20/h2-13,19,22-23H,14H2,1H3/t19-/m1/s1. The highest BCUT2D eigenvalue weighted by Gasteiger charge is 2.22. The van der Waals surface area contributed by atoms with Crippen LogP contribution in [0.5, 0.6) is 0 Å². The number of hydrogen-bond acceptors (Lipinski definition) is 3. The lowest BCUT2D eigenvalue weighted by molar-refractivity contribution is 0.578. The zero-order valence-electron chi connectivity index (χ0n) is 14.8. The first-order valence-corrected chi connectivity index (χ1v) is 11.1. The molecule has 0 spiro atoms. The lowest BCUT2D eigenvalue weighted by Gasteiger charge is -2.16. The molecule has 6 heteroatoms. The summed E-state index contributed by atoms with van der Waals surface area (Å²) in [6, 6.07) is 19.0. The van der Waals surface area contributed by atoms with Gasteiger partial charge < -0.3 is 4.98 Å². The van der Waals surface area contributed by atoms with E-state index in [0.29, 0.717) is 6.54 Å². The lowest BCUT2D eigenvalue weighted by Crippen LogP contribution is -2.28. The molecule has 0 bridgehead atoms. The Balaban J connectivity index is 1.66. The fourth-order valence-corrected chi connectivity index (χ4v) is 5.12. The number of sulfonamides is 1. The van der Waals surface area contributed by atoms with Gasteiger partial charge in [-0.15, -0.1) is 11.3 Å². The number of hydrogen-bond donors (Lipinski definition) is 2. The van der Waals surface area contributed by atoms with E-state index in [9.17, 15) is 8.42 Å². The van der Waals surface area contributed by atoms with E-state index in [4.69, 9.17) is 0 Å². The van der Waals surface area contributed by atoms with E-state index in [0.717, 1.165) is 26.9 Å². The molecule has 2 aromatic carbocycles. The zero-order chi connectivity index (χ0) is 18.9. The third-order valence-corrected chi connectivity index (χ3v) is 7.12. The van der Waals surface area contributed by atoms with Crippen LogP contribution in [-0.2, 0) is 10.0 Å². The number of aromatic amines is 1. The molecular formula is C21H20N2O2S2. The number of H-pyrrole nitrogens is 1. The van der Waals surface area contributed by atoms with Gasteiger partial charge in [-0.25, -0.2) is 13.1 Å². The van der Waals surface area contributed by atoms with Crippen molar-refractivity contribution in [2.45, 2.75) is 17.7 Å². The molecule has 2 heterocycles. The van der Waals surface area contributed by atoms with Gasteiger partial charge in [0, 0.05) is 34.4 Å². The number of fused-ring (bicyclic) bond motifs is 1. The largest absolute Gasteiger partial charge is 0.361 e. The number of aromatic nitrogens is 1. The van der Waals surface area contributed by atoms with Crippen LogP contribution in [0.1, 0.15) is 21.9 Å². The molecule has 1 atom stereocenters. The van der Waals surface area contributed by atoms with Crippen molar-refractivity contribution in [3.63, 3.8) is 0 Å². The maximum atomic E-state index is 12.7. The third kappa shape index (κ3) is 3.69. The van der Waals surface area contributed by atoms with Crippen LogP contribution < -0.4 is 4.72 Å². The minimum absolute atomic E-state index is 0.0543. The molecule has 27 heavy (non-hydrogen) atoms. The fraction of sp³-hybridized carbons (Fsp3) is 0.143. The average Bonchev–Trinajstić information content (AvgIpc) is 3.33. The number of benzene rings is 2. The van der Waals surface area contributed by atoms with Gasteiger partial charge in [-0.05, 0) is 42.1 Å². The fourth-order valence-electron chi connectivity index (χ4n) is 3.23. The SMILES string of the molecule is Cc1ccc(S(=O)(=O)NC[C@@H](c2cccs2)c2c[nH]c3ccccc23)cc1. The molecule has 0 fully saturated rings. The molecule has 0 radical (unpaired) electrons. The van der Waals surface area contributed by atoms with Gasteiger partial charge in [0.15, 0.2) is 0 Å². The first-order chi connectivity index (χ1) is 13.0. The van der Waals surface area contributed by atoms with Crippen molar-refractivity contribution in [2.75, 3.05) is 6.54 Å². The normalized spacial score (nSPS) is 13.1. The Labute approximate surface area is 162 Å². The monoisotopic (exact) mass is 396 g/mol. The highest BCUT2D eigenvalue weighted by molar-refractivity contribution is 7.89. The number of rotatable bonds is 6. The molecule has 4 nitrogen and oxygen atoms in total. The second-order valence-electron chi connectivity index (χ2n) is 6.52. The zero-order valence-corrected chi connectivity index (χ0v) is 16.5. The van der Waals surface area contributed by atoms with Gasteiger partial charge in [0.2, 0.25) is 10.0 Å². The topological polar surface area (TPSA) is 62.0 Å². The Kier molecular flexibility index (Phi) is 4.86. The molecule has 4 rings (SSSR count). The van der Waals surface area contributed by atoms with Crippen LogP contribution in [0.15, 0.2) is 77.1 Å². The molecule has 0 aliphatic heterocycles. The van der Waals surface area contributed by atoms with Crippen LogP contribution >= 0.6 is 11.3 Å². The van der Waals surface area contributed by atoms with Gasteiger partial charge in [-0.1, -0.05) is 42.0 Å². The minimum atomic E-state index is -3.56. The van der Waals surface area contributed by atoms with E-state index in [2.05, 4.69) is 21.8 Å². The third-order valence-electron chi connectivity index (χ3n) is 4.69. The van der Waals surface area contributed by atoms with Crippen LogP contribution in [-0.4, -0.2) is 19.9 Å². The molecule has 0 saturated carbocycles. The summed E-state index contributed by atoms with van der Waals surface area (Å²) < 4.78 is 28.3. The molecule has 138 valence electrons. The Morgan fingerprint density at radius 2 is 1.81 bits per heavy atom. The molecule has 4 aromatic rings. The van der Waals surface area contributed by atoms with Crippen LogP contribution in [0.2, 0.25) is 0 Å². The van der Waals surface area contributed by atoms with E-state index < -0.39 is 10.0 Å². The Morgan fingerprint density at radius 1 is 1.04 bits per heavy atom. The van der Waals surface area contributed by atoms with E-state index >= 15 is 0 Å². The molecule has 0 aliphatic carbocycles. The Bertz CT molecular complexity index is 1140. The molecule has 0 unspecified atom stereocenters. The summed E-state index contributed by atoms with van der Waals surface area (Å²) in [5.41, 5.74) is 3.18. The van der Waals surface area contributed by atoms with E-state index in [1.807, 2.05) is 54.9 Å². The molecule has 2 N–H and O–H groups in total. The first kappa shape index (κ1) is 18.0. The summed E-state index contributed by atoms with van der Waals surface area (Å²) in [5.74, 6) is -0.0543. The molecule has 2 aromatic heterocycles. The van der Waals surface area contributed by atoms with Gasteiger partial charge in [-0.3, -0.25) is 0 Å². The summed E-state index contributed by atoms with van der Waals surface area (Å²) in [7, 11) is -3.56. The van der Waals surface area contributed by atoms with Gasteiger partial charge in [0.05, 0.1) is 4.90 Å². The molecule has 0 saturated heterocycles. The van der Waals surface area contributed by atoms with Gasteiger partial charge >= 0.3 is 0 Å². The smallest absolute Gasteiger partial charge is 0.240 e. The average molecular weight is 397 g/mol. The van der Waals surface area contributed by atoms with E-state index in [1.54, 1.807) is 23.5 Å². The quantitative estimate of drug-likeness (QED) is 0.498. The summed E-state index contributed by atoms with van der Waals surface area (Å²) >= 11 is 1.64. The predicted molar refractivity (Wildman–Crippen MR) is 111 cm³/mol. The van der Waals surface area contributed by atoms with Gasteiger partial charge in [-0.2, -0.15) is 0 Å². The van der Waals surface area contributed by atoms with Gasteiger partial charge in [0.1, 0.15) is 0 Å². The summed E-state index contributed by atoms with van der Waals surface area (Å²) in [5, 5.41) is 3.14. The van der Waals surface area contributed by atoms with Crippen molar-refractivity contribution < 1.29 is 8.42 Å². The number of aryl methyl sites for hydroxylation is 1. The maximum Gasteiger partial charge on any atom is 0.240 e. The van der Waals surface area contributed by atoms with Crippen molar-refractivity contribution in [1.82, 2.24) is 9.71 Å². The van der Waals surface area contributed by atoms with Crippen molar-refractivity contribution in [3.05, 3.63) is 88.2 Å². The highest BCUT2D eigenvalue weighted by Crippen LogP contribution is 2.33. The van der Waals surface area contributed by atoms with E-state index in [1.165, 1.54) is 0 Å². The Morgan fingerprint density at radius 3 is 2.56 bits per heavy atom. The second kappa shape index (κ2) is 7.31.